The lowest BCUT2D eigenvalue weighted by molar-refractivity contribution is -0.138. The van der Waals surface area contributed by atoms with Crippen molar-refractivity contribution in [1.82, 2.24) is 10.6 Å². The highest BCUT2D eigenvalue weighted by Gasteiger charge is 2.42. The Hall–Kier alpha value is -3.36. The van der Waals surface area contributed by atoms with Crippen LogP contribution < -0.4 is 10.6 Å². The molecule has 0 fully saturated rings. The van der Waals surface area contributed by atoms with E-state index in [0.717, 1.165) is 5.56 Å². The van der Waals surface area contributed by atoms with Crippen molar-refractivity contribution in [2.75, 3.05) is 12.8 Å². The largest absolute Gasteiger partial charge is 0.481 e. The van der Waals surface area contributed by atoms with Gasteiger partial charge in [0.15, 0.2) is 0 Å². The van der Waals surface area contributed by atoms with E-state index in [0.29, 0.717) is 11.1 Å². The van der Waals surface area contributed by atoms with E-state index in [1.807, 2.05) is 30.3 Å². The molecule has 3 atom stereocenters. The van der Waals surface area contributed by atoms with Gasteiger partial charge in [-0.25, -0.2) is 9.59 Å². The fourth-order valence-corrected chi connectivity index (χ4v) is 7.08. The number of nitrogens with one attached hydrogen (secondary N) is 2. The van der Waals surface area contributed by atoms with E-state index < -0.39 is 42.8 Å². The maximum atomic E-state index is 14.3. The minimum atomic E-state index is -3.76. The topological polar surface area (TPSA) is 140 Å². The van der Waals surface area contributed by atoms with Gasteiger partial charge in [-0.15, -0.1) is 0 Å². The minimum absolute atomic E-state index is 0.0261. The molecule has 0 saturated heterocycles. The molecule has 220 valence electrons. The van der Waals surface area contributed by atoms with Crippen molar-refractivity contribution in [3.63, 3.8) is 0 Å². The first-order valence-electron chi connectivity index (χ1n) is 13.2. The number of ether oxygens (including phenoxy) is 2. The Labute approximate surface area is 236 Å². The smallest absolute Gasteiger partial charge is 0.408 e. The molecule has 3 N–H and O–H groups in total. The standard InChI is InChI=1S/C29H41N2O8P/c1-7-38-40(36,25(20(2)3)31-28(35)37-18-21-12-9-8-10-13-21)19-24(26(32)33)23-15-11-14-22(16-23)17-30-27(34)39-29(4,5)6/h8-16,20,24-25H,7,17-19H2,1-6H3,(H,30,34)(H,31,35)(H,32,33). The van der Waals surface area contributed by atoms with E-state index in [1.165, 1.54) is 0 Å². The van der Waals surface area contributed by atoms with Crippen LogP contribution in [-0.2, 0) is 36.5 Å². The Kier molecular flexibility index (Phi) is 12.2. The van der Waals surface area contributed by atoms with Crippen molar-refractivity contribution < 1.29 is 38.1 Å². The number of carboxylic acids is 1. The van der Waals surface area contributed by atoms with Crippen LogP contribution in [0.25, 0.3) is 0 Å². The number of aliphatic carboxylic acids is 1. The van der Waals surface area contributed by atoms with Crippen LogP contribution in [0.4, 0.5) is 9.59 Å². The number of alkyl carbamates (subject to hydrolysis) is 2. The van der Waals surface area contributed by atoms with Gasteiger partial charge in [0.1, 0.15) is 18.0 Å². The predicted octanol–water partition coefficient (Wildman–Crippen LogP) is 6.10. The summed E-state index contributed by atoms with van der Waals surface area (Å²) in [5, 5.41) is 15.4. The number of benzene rings is 2. The van der Waals surface area contributed by atoms with Gasteiger partial charge < -0.3 is 29.7 Å². The molecule has 0 aliphatic carbocycles. The van der Waals surface area contributed by atoms with E-state index in [-0.39, 0.29) is 31.8 Å². The quantitative estimate of drug-likeness (QED) is 0.243. The number of carboxylic acid groups (broad SMARTS) is 1. The first kappa shape index (κ1) is 32.8. The summed E-state index contributed by atoms with van der Waals surface area (Å²) in [6.45, 7) is 10.7. The van der Waals surface area contributed by atoms with Crippen molar-refractivity contribution in [3.8, 4) is 0 Å². The van der Waals surface area contributed by atoms with E-state index >= 15 is 0 Å². The first-order chi connectivity index (χ1) is 18.7. The van der Waals surface area contributed by atoms with E-state index in [9.17, 15) is 24.1 Å². The summed E-state index contributed by atoms with van der Waals surface area (Å²) in [6.07, 6.45) is -1.72. The summed E-state index contributed by atoms with van der Waals surface area (Å²) in [7, 11) is -3.76. The maximum Gasteiger partial charge on any atom is 0.408 e. The van der Waals surface area contributed by atoms with Gasteiger partial charge in [-0.05, 0) is 50.3 Å². The first-order valence-corrected chi connectivity index (χ1v) is 15.1. The van der Waals surface area contributed by atoms with Crippen molar-refractivity contribution >= 4 is 25.5 Å². The minimum Gasteiger partial charge on any atom is -0.481 e. The zero-order valence-corrected chi connectivity index (χ0v) is 24.9. The number of carbonyl (C=O) groups excluding carboxylic acids is 2. The highest BCUT2D eigenvalue weighted by atomic mass is 31.2. The predicted molar refractivity (Wildman–Crippen MR) is 152 cm³/mol. The van der Waals surface area contributed by atoms with Crippen LogP contribution in [0, 0.1) is 5.92 Å². The number of amides is 2. The molecule has 10 nitrogen and oxygen atoms in total. The molecule has 2 aromatic rings. The van der Waals surface area contributed by atoms with Crippen molar-refractivity contribution in [2.24, 2.45) is 5.92 Å². The van der Waals surface area contributed by atoms with Gasteiger partial charge in [-0.1, -0.05) is 68.4 Å². The molecule has 2 aromatic carbocycles. The Bertz CT molecular complexity index is 1180. The fourth-order valence-electron chi connectivity index (χ4n) is 4.06. The SMILES string of the molecule is CCOP(=O)(CC(C(=O)O)c1cccc(CNC(=O)OC(C)(C)C)c1)C(NC(=O)OCc1ccccc1)C(C)C. The third-order valence-corrected chi connectivity index (χ3v) is 8.95. The van der Waals surface area contributed by atoms with Gasteiger partial charge in [0, 0.05) is 12.7 Å². The lowest BCUT2D eigenvalue weighted by Crippen LogP contribution is -2.40. The second-order valence-corrected chi connectivity index (χ2v) is 13.3. The monoisotopic (exact) mass is 576 g/mol. The fraction of sp³-hybridized carbons (Fsp3) is 0.483. The molecule has 0 bridgehead atoms. The van der Waals surface area contributed by atoms with E-state index in [1.54, 1.807) is 65.8 Å². The van der Waals surface area contributed by atoms with Crippen molar-refractivity contribution in [1.29, 1.82) is 0 Å². The van der Waals surface area contributed by atoms with Crippen molar-refractivity contribution in [3.05, 3.63) is 71.3 Å². The van der Waals surface area contributed by atoms with Gasteiger partial charge in [-0.2, -0.15) is 0 Å². The molecular weight excluding hydrogens is 535 g/mol. The second kappa shape index (κ2) is 14.9. The summed E-state index contributed by atoms with van der Waals surface area (Å²) < 4.78 is 30.6. The zero-order valence-electron chi connectivity index (χ0n) is 24.0. The van der Waals surface area contributed by atoms with Crippen LogP contribution in [-0.4, -0.2) is 47.4 Å². The number of hydrogen-bond donors (Lipinski definition) is 3. The highest BCUT2D eigenvalue weighted by molar-refractivity contribution is 7.59. The summed E-state index contributed by atoms with van der Waals surface area (Å²) in [5.74, 6) is -3.70. The average Bonchev–Trinajstić information content (AvgIpc) is 2.87. The molecule has 0 spiro atoms. The van der Waals surface area contributed by atoms with E-state index in [4.69, 9.17) is 14.0 Å². The zero-order chi connectivity index (χ0) is 29.9. The molecule has 0 aliphatic rings. The Morgan fingerprint density at radius 1 is 0.975 bits per heavy atom. The van der Waals surface area contributed by atoms with Crippen LogP contribution in [0.15, 0.2) is 54.6 Å². The third kappa shape index (κ3) is 10.7. The van der Waals surface area contributed by atoms with Crippen LogP contribution in [0.1, 0.15) is 64.2 Å². The van der Waals surface area contributed by atoms with Crippen LogP contribution in [0.5, 0.6) is 0 Å². The molecule has 0 heterocycles. The summed E-state index contributed by atoms with van der Waals surface area (Å²) in [6, 6.07) is 15.8. The molecule has 2 rings (SSSR count). The van der Waals surface area contributed by atoms with Gasteiger partial charge >= 0.3 is 18.2 Å². The molecular formula is C29H41N2O8P. The van der Waals surface area contributed by atoms with Gasteiger partial charge in [0.05, 0.1) is 12.5 Å². The molecule has 2 amide bonds. The van der Waals surface area contributed by atoms with Gasteiger partial charge in [-0.3, -0.25) is 9.36 Å². The second-order valence-electron chi connectivity index (χ2n) is 10.7. The van der Waals surface area contributed by atoms with Gasteiger partial charge in [0.25, 0.3) is 0 Å². The van der Waals surface area contributed by atoms with Crippen LogP contribution >= 0.6 is 7.37 Å². The summed E-state index contributed by atoms with van der Waals surface area (Å²) in [5.41, 5.74) is 1.17. The van der Waals surface area contributed by atoms with Crippen molar-refractivity contribution in [2.45, 2.75) is 72.0 Å². The maximum absolute atomic E-state index is 14.3. The molecule has 0 radical (unpaired) electrons. The number of rotatable bonds is 13. The number of hydrogen-bond acceptors (Lipinski definition) is 7. The molecule has 0 saturated carbocycles. The normalized spacial score (nSPS) is 14.5. The van der Waals surface area contributed by atoms with Crippen LogP contribution in [0.3, 0.4) is 0 Å². The Balaban J connectivity index is 2.22. The number of carbonyl (C=O) groups is 3. The molecule has 3 unspecified atom stereocenters. The summed E-state index contributed by atoms with van der Waals surface area (Å²) >= 11 is 0. The Morgan fingerprint density at radius 2 is 1.62 bits per heavy atom. The third-order valence-electron chi connectivity index (χ3n) is 5.81. The molecule has 0 aliphatic heterocycles. The van der Waals surface area contributed by atoms with Crippen LogP contribution in [0.2, 0.25) is 0 Å². The average molecular weight is 577 g/mol. The van der Waals surface area contributed by atoms with Gasteiger partial charge in [0.2, 0.25) is 7.37 Å². The Morgan fingerprint density at radius 3 is 2.20 bits per heavy atom. The molecule has 40 heavy (non-hydrogen) atoms. The highest BCUT2D eigenvalue weighted by Crippen LogP contribution is 2.56. The summed E-state index contributed by atoms with van der Waals surface area (Å²) in [4.78, 5) is 37.1. The molecule has 0 aromatic heterocycles. The lowest BCUT2D eigenvalue weighted by Gasteiger charge is -2.32. The van der Waals surface area contributed by atoms with E-state index in [2.05, 4.69) is 10.6 Å². The lowest BCUT2D eigenvalue weighted by atomic mass is 9.99. The molecule has 11 heteroatoms.